The summed E-state index contributed by atoms with van der Waals surface area (Å²) in [5.41, 5.74) is 3.66. The van der Waals surface area contributed by atoms with Gasteiger partial charge in [0, 0.05) is 41.7 Å². The molecule has 1 heterocycles. The molecule has 2 aromatic carbocycles. The van der Waals surface area contributed by atoms with Crippen molar-refractivity contribution in [3.8, 4) is 0 Å². The number of ether oxygens (including phenoxy) is 1. The molecule has 1 aliphatic heterocycles. The third-order valence-electron chi connectivity index (χ3n) is 4.64. The van der Waals surface area contributed by atoms with E-state index in [0.29, 0.717) is 5.11 Å². The van der Waals surface area contributed by atoms with Gasteiger partial charge in [0.25, 0.3) is 0 Å². The second-order valence-corrected chi connectivity index (χ2v) is 8.26. The maximum absolute atomic E-state index is 5.40. The zero-order valence-electron chi connectivity index (χ0n) is 16.0. The van der Waals surface area contributed by atoms with Crippen molar-refractivity contribution in [2.24, 2.45) is 0 Å². The standard InChI is InChI=1S/C21H27N3OS2/c1-16-3-6-20(15-17(16)2)27-19-7-4-18(5-8-19)23-21(26)22-9-10-24-11-13-25-14-12-24/h3-8,15H,9-14H2,1-2H3,(H2,22,23,26). The van der Waals surface area contributed by atoms with Crippen LogP contribution in [0.1, 0.15) is 11.1 Å². The zero-order chi connectivity index (χ0) is 19.1. The van der Waals surface area contributed by atoms with Gasteiger partial charge in [0.1, 0.15) is 0 Å². The van der Waals surface area contributed by atoms with Crippen LogP contribution in [0.5, 0.6) is 0 Å². The van der Waals surface area contributed by atoms with Gasteiger partial charge in [-0.05, 0) is 73.6 Å². The molecular formula is C21H27N3OS2. The predicted molar refractivity (Wildman–Crippen MR) is 118 cm³/mol. The topological polar surface area (TPSA) is 36.5 Å². The molecule has 2 N–H and O–H groups in total. The molecule has 1 saturated heterocycles. The number of benzene rings is 2. The van der Waals surface area contributed by atoms with Crippen molar-refractivity contribution in [2.75, 3.05) is 44.7 Å². The lowest BCUT2D eigenvalue weighted by molar-refractivity contribution is 0.0389. The largest absolute Gasteiger partial charge is 0.379 e. The Labute approximate surface area is 171 Å². The van der Waals surface area contributed by atoms with Gasteiger partial charge in [-0.3, -0.25) is 4.90 Å². The molecule has 0 amide bonds. The summed E-state index contributed by atoms with van der Waals surface area (Å²) in [6.45, 7) is 9.78. The minimum atomic E-state index is 0.665. The van der Waals surface area contributed by atoms with Crippen molar-refractivity contribution >= 4 is 34.8 Å². The summed E-state index contributed by atoms with van der Waals surface area (Å²) in [4.78, 5) is 4.87. The molecule has 0 saturated carbocycles. The van der Waals surface area contributed by atoms with Crippen LogP contribution in [0.3, 0.4) is 0 Å². The maximum atomic E-state index is 5.40. The molecule has 144 valence electrons. The van der Waals surface area contributed by atoms with Gasteiger partial charge in [-0.1, -0.05) is 17.8 Å². The summed E-state index contributed by atoms with van der Waals surface area (Å²) in [6.07, 6.45) is 0. The number of morpholine rings is 1. The molecule has 0 unspecified atom stereocenters. The molecule has 0 atom stereocenters. The monoisotopic (exact) mass is 401 g/mol. The van der Waals surface area contributed by atoms with Gasteiger partial charge >= 0.3 is 0 Å². The lowest BCUT2D eigenvalue weighted by Gasteiger charge is -2.26. The van der Waals surface area contributed by atoms with Crippen molar-refractivity contribution in [1.29, 1.82) is 0 Å². The van der Waals surface area contributed by atoms with Crippen molar-refractivity contribution in [1.82, 2.24) is 10.2 Å². The van der Waals surface area contributed by atoms with Crippen LogP contribution in [0.4, 0.5) is 5.69 Å². The van der Waals surface area contributed by atoms with Gasteiger partial charge in [-0.2, -0.15) is 0 Å². The van der Waals surface area contributed by atoms with Gasteiger partial charge < -0.3 is 15.4 Å². The summed E-state index contributed by atoms with van der Waals surface area (Å²) in [5, 5.41) is 7.20. The minimum Gasteiger partial charge on any atom is -0.379 e. The lowest BCUT2D eigenvalue weighted by atomic mass is 10.1. The first-order valence-corrected chi connectivity index (χ1v) is 10.5. The van der Waals surface area contributed by atoms with Crippen molar-refractivity contribution in [3.05, 3.63) is 53.6 Å². The first-order chi connectivity index (χ1) is 13.1. The summed E-state index contributed by atoms with van der Waals surface area (Å²) in [6, 6.07) is 15.0. The number of nitrogens with zero attached hydrogens (tertiary/aromatic N) is 1. The molecule has 2 aromatic rings. The molecule has 4 nitrogen and oxygen atoms in total. The average molecular weight is 402 g/mol. The van der Waals surface area contributed by atoms with Crippen LogP contribution in [-0.2, 0) is 4.74 Å². The second kappa shape index (κ2) is 10.1. The van der Waals surface area contributed by atoms with Crippen LogP contribution < -0.4 is 10.6 Å². The number of nitrogens with one attached hydrogen (secondary N) is 2. The maximum Gasteiger partial charge on any atom is 0.170 e. The Morgan fingerprint density at radius 2 is 1.74 bits per heavy atom. The van der Waals surface area contributed by atoms with E-state index in [1.165, 1.54) is 20.9 Å². The van der Waals surface area contributed by atoms with E-state index in [-0.39, 0.29) is 0 Å². The highest BCUT2D eigenvalue weighted by Gasteiger charge is 2.09. The first-order valence-electron chi connectivity index (χ1n) is 9.30. The number of thiocarbonyl (C=S) groups is 1. The average Bonchev–Trinajstić information content (AvgIpc) is 2.67. The van der Waals surface area contributed by atoms with E-state index >= 15 is 0 Å². The number of hydrogen-bond acceptors (Lipinski definition) is 4. The summed E-state index contributed by atoms with van der Waals surface area (Å²) >= 11 is 7.17. The van der Waals surface area contributed by atoms with E-state index in [0.717, 1.165) is 45.1 Å². The summed E-state index contributed by atoms with van der Waals surface area (Å²) < 4.78 is 5.36. The van der Waals surface area contributed by atoms with Crippen LogP contribution in [0.25, 0.3) is 0 Å². The number of rotatable bonds is 6. The second-order valence-electron chi connectivity index (χ2n) is 6.71. The van der Waals surface area contributed by atoms with Gasteiger partial charge in [0.2, 0.25) is 0 Å². The Morgan fingerprint density at radius 1 is 1.04 bits per heavy atom. The Bertz CT molecular complexity index is 759. The summed E-state index contributed by atoms with van der Waals surface area (Å²) in [5.74, 6) is 0. The third-order valence-corrected chi connectivity index (χ3v) is 5.89. The van der Waals surface area contributed by atoms with Gasteiger partial charge in [0.15, 0.2) is 5.11 Å². The van der Waals surface area contributed by atoms with Crippen molar-refractivity contribution in [2.45, 2.75) is 23.6 Å². The van der Waals surface area contributed by atoms with Crippen molar-refractivity contribution < 1.29 is 4.74 Å². The number of aryl methyl sites for hydroxylation is 2. The third kappa shape index (κ3) is 6.50. The minimum absolute atomic E-state index is 0.665. The van der Waals surface area contributed by atoms with Crippen LogP contribution in [0.15, 0.2) is 52.3 Å². The van der Waals surface area contributed by atoms with Crippen LogP contribution in [0.2, 0.25) is 0 Å². The van der Waals surface area contributed by atoms with E-state index in [4.69, 9.17) is 17.0 Å². The summed E-state index contributed by atoms with van der Waals surface area (Å²) in [7, 11) is 0. The van der Waals surface area contributed by atoms with E-state index in [2.05, 4.69) is 71.8 Å². The predicted octanol–water partition coefficient (Wildman–Crippen LogP) is 4.07. The molecule has 3 rings (SSSR count). The first kappa shape index (κ1) is 20.1. The quantitative estimate of drug-likeness (QED) is 0.711. The fourth-order valence-corrected chi connectivity index (χ4v) is 3.98. The van der Waals surface area contributed by atoms with E-state index in [1.807, 2.05) is 0 Å². The van der Waals surface area contributed by atoms with Gasteiger partial charge in [-0.25, -0.2) is 0 Å². The SMILES string of the molecule is Cc1ccc(Sc2ccc(NC(=S)NCCN3CCOCC3)cc2)cc1C. The number of anilines is 1. The normalized spacial score (nSPS) is 14.7. The molecule has 0 bridgehead atoms. The Kier molecular flexibility index (Phi) is 7.52. The molecule has 0 radical (unpaired) electrons. The highest BCUT2D eigenvalue weighted by Crippen LogP contribution is 2.29. The zero-order valence-corrected chi connectivity index (χ0v) is 17.6. The van der Waals surface area contributed by atoms with Crippen LogP contribution >= 0.6 is 24.0 Å². The van der Waals surface area contributed by atoms with Crippen LogP contribution in [-0.4, -0.2) is 49.4 Å². The Balaban J connectivity index is 1.43. The van der Waals surface area contributed by atoms with E-state index in [9.17, 15) is 0 Å². The number of hydrogen-bond donors (Lipinski definition) is 2. The van der Waals surface area contributed by atoms with Crippen molar-refractivity contribution in [3.63, 3.8) is 0 Å². The highest BCUT2D eigenvalue weighted by atomic mass is 32.2. The van der Waals surface area contributed by atoms with Gasteiger partial charge in [-0.15, -0.1) is 0 Å². The molecule has 6 heteroatoms. The molecular weight excluding hydrogens is 374 g/mol. The lowest BCUT2D eigenvalue weighted by Crippen LogP contribution is -2.42. The Morgan fingerprint density at radius 3 is 2.44 bits per heavy atom. The molecule has 0 spiro atoms. The fourth-order valence-electron chi connectivity index (χ4n) is 2.85. The van der Waals surface area contributed by atoms with Crippen LogP contribution in [0, 0.1) is 13.8 Å². The molecule has 1 aliphatic rings. The molecule has 27 heavy (non-hydrogen) atoms. The molecule has 0 aromatic heterocycles. The van der Waals surface area contributed by atoms with E-state index in [1.54, 1.807) is 11.8 Å². The smallest absolute Gasteiger partial charge is 0.170 e. The van der Waals surface area contributed by atoms with E-state index < -0.39 is 0 Å². The Hall–Kier alpha value is -1.60. The van der Waals surface area contributed by atoms with Gasteiger partial charge in [0.05, 0.1) is 13.2 Å². The fraction of sp³-hybridized carbons (Fsp3) is 0.381. The molecule has 0 aliphatic carbocycles. The molecule has 1 fully saturated rings. The highest BCUT2D eigenvalue weighted by molar-refractivity contribution is 7.99.